The number of nitrogens with one attached hydrogen (secondary N) is 2. The van der Waals surface area contributed by atoms with E-state index in [0.29, 0.717) is 25.7 Å². The van der Waals surface area contributed by atoms with Gasteiger partial charge in [0.25, 0.3) is 0 Å². The van der Waals surface area contributed by atoms with Crippen LogP contribution in [0.2, 0.25) is 0 Å². The fourth-order valence-corrected chi connectivity index (χ4v) is 2.22. The maximum atomic E-state index is 5.69. The van der Waals surface area contributed by atoms with E-state index in [0.717, 1.165) is 23.0 Å². The molecule has 2 N–H and O–H groups in total. The molecule has 0 atom stereocenters. The van der Waals surface area contributed by atoms with E-state index in [2.05, 4.69) is 20.6 Å². The minimum absolute atomic E-state index is 0.529. The molecule has 0 amide bonds. The van der Waals surface area contributed by atoms with Gasteiger partial charge in [-0.3, -0.25) is 4.99 Å². The van der Waals surface area contributed by atoms with Crippen LogP contribution in [-0.4, -0.2) is 52.3 Å². The van der Waals surface area contributed by atoms with Crippen LogP contribution in [0.4, 0.5) is 5.82 Å². The molecule has 0 spiro atoms. The number of rotatable bonds is 8. The summed E-state index contributed by atoms with van der Waals surface area (Å²) in [5.74, 6) is 3.26. The maximum absolute atomic E-state index is 5.69. The molecule has 1 aromatic heterocycles. The van der Waals surface area contributed by atoms with Crippen LogP contribution in [0.3, 0.4) is 0 Å². The topological polar surface area (TPSA) is 71.0 Å². The van der Waals surface area contributed by atoms with Crippen molar-refractivity contribution in [3.63, 3.8) is 0 Å². The molecule has 0 radical (unpaired) electrons. The molecule has 1 heterocycles. The fourth-order valence-electron chi connectivity index (χ4n) is 2.22. The second kappa shape index (κ2) is 10.1. The number of anilines is 1. The van der Waals surface area contributed by atoms with E-state index in [9.17, 15) is 0 Å². The predicted molar refractivity (Wildman–Crippen MR) is 105 cm³/mol. The number of aliphatic imine (C=N–C) groups is 1. The number of benzene rings is 1. The molecule has 7 nitrogen and oxygen atoms in total. The molecule has 2 aromatic rings. The summed E-state index contributed by atoms with van der Waals surface area (Å²) in [6.45, 7) is 1.76. The fraction of sp³-hybridized carbons (Fsp3) is 0.368. The van der Waals surface area contributed by atoms with E-state index < -0.39 is 0 Å². The molecule has 0 aliphatic rings. The summed E-state index contributed by atoms with van der Waals surface area (Å²) in [5, 5.41) is 6.47. The van der Waals surface area contributed by atoms with Crippen LogP contribution in [0.1, 0.15) is 5.69 Å². The number of ether oxygens (including phenoxy) is 2. The first-order chi connectivity index (χ1) is 12.6. The lowest BCUT2D eigenvalue weighted by molar-refractivity contribution is 0.321. The van der Waals surface area contributed by atoms with Crippen molar-refractivity contribution < 1.29 is 9.47 Å². The van der Waals surface area contributed by atoms with Crippen LogP contribution >= 0.6 is 0 Å². The third kappa shape index (κ3) is 6.16. The summed E-state index contributed by atoms with van der Waals surface area (Å²) < 4.78 is 10.8. The zero-order valence-corrected chi connectivity index (χ0v) is 15.8. The Hall–Kier alpha value is -2.96. The number of aromatic nitrogens is 1. The van der Waals surface area contributed by atoms with E-state index in [1.807, 2.05) is 61.5 Å². The molecule has 7 heteroatoms. The summed E-state index contributed by atoms with van der Waals surface area (Å²) in [6.07, 6.45) is 0. The lowest BCUT2D eigenvalue weighted by Crippen LogP contribution is -2.39. The first-order valence-corrected chi connectivity index (χ1v) is 8.47. The standard InChI is InChI=1S/C19H27N5O2/c1-20-19(22-14-15-6-5-7-18(23-15)24(2)3)21-12-13-26-17-10-8-16(25-4)9-11-17/h5-11H,12-14H2,1-4H3,(H2,20,21,22). The van der Waals surface area contributed by atoms with Crippen molar-refractivity contribution in [2.75, 3.05) is 46.3 Å². The second-order valence-corrected chi connectivity index (χ2v) is 5.76. The number of pyridine rings is 1. The average Bonchev–Trinajstić information content (AvgIpc) is 2.68. The monoisotopic (exact) mass is 357 g/mol. The van der Waals surface area contributed by atoms with Crippen molar-refractivity contribution in [1.29, 1.82) is 0 Å². The Morgan fingerprint density at radius 2 is 1.81 bits per heavy atom. The first kappa shape index (κ1) is 19.4. The molecule has 0 aliphatic heterocycles. The lowest BCUT2D eigenvalue weighted by Gasteiger charge is -2.14. The highest BCUT2D eigenvalue weighted by Gasteiger charge is 2.02. The van der Waals surface area contributed by atoms with E-state index in [4.69, 9.17) is 9.47 Å². The van der Waals surface area contributed by atoms with Crippen LogP contribution in [0.5, 0.6) is 11.5 Å². The largest absolute Gasteiger partial charge is 0.497 e. The number of methoxy groups -OCH3 is 1. The van der Waals surface area contributed by atoms with E-state index in [-0.39, 0.29) is 0 Å². The molecule has 140 valence electrons. The molecule has 0 unspecified atom stereocenters. The number of guanidine groups is 1. The van der Waals surface area contributed by atoms with Gasteiger partial charge < -0.3 is 25.0 Å². The van der Waals surface area contributed by atoms with Crippen LogP contribution in [0, 0.1) is 0 Å². The van der Waals surface area contributed by atoms with Crippen molar-refractivity contribution in [3.8, 4) is 11.5 Å². The first-order valence-electron chi connectivity index (χ1n) is 8.47. The van der Waals surface area contributed by atoms with Gasteiger partial charge in [-0.15, -0.1) is 0 Å². The maximum Gasteiger partial charge on any atom is 0.191 e. The molecular weight excluding hydrogens is 330 g/mol. The summed E-state index contributed by atoms with van der Waals surface area (Å²) >= 11 is 0. The van der Waals surface area contributed by atoms with Gasteiger partial charge in [0.05, 0.1) is 25.9 Å². The number of hydrogen-bond acceptors (Lipinski definition) is 5. The molecule has 1 aromatic carbocycles. The van der Waals surface area contributed by atoms with Crippen LogP contribution in [0.25, 0.3) is 0 Å². The minimum Gasteiger partial charge on any atom is -0.497 e. The number of nitrogens with zero attached hydrogens (tertiary/aromatic N) is 3. The minimum atomic E-state index is 0.529. The zero-order valence-electron chi connectivity index (χ0n) is 15.8. The Balaban J connectivity index is 1.73. The smallest absolute Gasteiger partial charge is 0.191 e. The predicted octanol–water partition coefficient (Wildman–Crippen LogP) is 1.90. The van der Waals surface area contributed by atoms with Gasteiger partial charge in [0.1, 0.15) is 23.9 Å². The Labute approximate surface area is 155 Å². The van der Waals surface area contributed by atoms with Gasteiger partial charge in [0.2, 0.25) is 0 Å². The molecular formula is C19H27N5O2. The van der Waals surface area contributed by atoms with Gasteiger partial charge in [-0.1, -0.05) is 6.07 Å². The van der Waals surface area contributed by atoms with Crippen molar-refractivity contribution in [1.82, 2.24) is 15.6 Å². The van der Waals surface area contributed by atoms with Gasteiger partial charge in [-0.25, -0.2) is 4.98 Å². The van der Waals surface area contributed by atoms with Gasteiger partial charge in [0, 0.05) is 21.1 Å². The highest BCUT2D eigenvalue weighted by atomic mass is 16.5. The average molecular weight is 357 g/mol. The van der Waals surface area contributed by atoms with Crippen molar-refractivity contribution in [2.45, 2.75) is 6.54 Å². The van der Waals surface area contributed by atoms with E-state index in [1.165, 1.54) is 0 Å². The Morgan fingerprint density at radius 3 is 2.46 bits per heavy atom. The summed E-state index contributed by atoms with van der Waals surface area (Å²) in [5.41, 5.74) is 0.952. The Kier molecular flexibility index (Phi) is 7.54. The van der Waals surface area contributed by atoms with Crippen molar-refractivity contribution >= 4 is 11.8 Å². The van der Waals surface area contributed by atoms with Gasteiger partial charge in [-0.2, -0.15) is 0 Å². The zero-order chi connectivity index (χ0) is 18.8. The molecule has 0 saturated heterocycles. The molecule has 0 aliphatic carbocycles. The van der Waals surface area contributed by atoms with Crippen LogP contribution < -0.4 is 25.0 Å². The molecule has 2 rings (SSSR count). The van der Waals surface area contributed by atoms with Crippen molar-refractivity contribution in [3.05, 3.63) is 48.2 Å². The quantitative estimate of drug-likeness (QED) is 0.427. The molecule has 26 heavy (non-hydrogen) atoms. The van der Waals surface area contributed by atoms with E-state index in [1.54, 1.807) is 14.2 Å². The van der Waals surface area contributed by atoms with E-state index >= 15 is 0 Å². The molecule has 0 saturated carbocycles. The van der Waals surface area contributed by atoms with Gasteiger partial charge >= 0.3 is 0 Å². The summed E-state index contributed by atoms with van der Waals surface area (Å²) in [6, 6.07) is 13.5. The third-order valence-corrected chi connectivity index (χ3v) is 3.63. The Bertz CT molecular complexity index is 701. The lowest BCUT2D eigenvalue weighted by atomic mass is 10.3. The van der Waals surface area contributed by atoms with Crippen molar-refractivity contribution in [2.24, 2.45) is 4.99 Å². The van der Waals surface area contributed by atoms with Gasteiger partial charge in [0.15, 0.2) is 5.96 Å². The SMILES string of the molecule is CN=C(NCCOc1ccc(OC)cc1)NCc1cccc(N(C)C)n1. The van der Waals surface area contributed by atoms with Crippen LogP contribution in [0.15, 0.2) is 47.5 Å². The summed E-state index contributed by atoms with van der Waals surface area (Å²) in [4.78, 5) is 10.8. The van der Waals surface area contributed by atoms with Crippen LogP contribution in [-0.2, 0) is 6.54 Å². The molecule has 0 fully saturated rings. The second-order valence-electron chi connectivity index (χ2n) is 5.76. The highest BCUT2D eigenvalue weighted by molar-refractivity contribution is 5.79. The third-order valence-electron chi connectivity index (χ3n) is 3.63. The number of hydrogen-bond donors (Lipinski definition) is 2. The Morgan fingerprint density at radius 1 is 1.08 bits per heavy atom. The molecule has 0 bridgehead atoms. The summed E-state index contributed by atoms with van der Waals surface area (Å²) in [7, 11) is 7.33. The normalized spacial score (nSPS) is 11.0. The highest BCUT2D eigenvalue weighted by Crippen LogP contribution is 2.16. The van der Waals surface area contributed by atoms with Gasteiger partial charge in [-0.05, 0) is 36.4 Å².